The van der Waals surface area contributed by atoms with E-state index in [1.807, 2.05) is 18.7 Å². The third kappa shape index (κ3) is 3.78. The molecule has 96 valence electrons. The molecule has 1 rings (SSSR count). The van der Waals surface area contributed by atoms with Crippen LogP contribution in [0, 0.1) is 0 Å². The summed E-state index contributed by atoms with van der Waals surface area (Å²) in [6.45, 7) is 16.4. The van der Waals surface area contributed by atoms with E-state index >= 15 is 0 Å². The summed E-state index contributed by atoms with van der Waals surface area (Å²) >= 11 is 0. The average Bonchev–Trinajstić information content (AvgIpc) is 2.18. The third-order valence-corrected chi connectivity index (χ3v) is 3.04. The summed E-state index contributed by atoms with van der Waals surface area (Å²) in [5.41, 5.74) is 0. The van der Waals surface area contributed by atoms with E-state index in [4.69, 9.17) is 0 Å². The Morgan fingerprint density at radius 2 is 1.50 bits per heavy atom. The van der Waals surface area contributed by atoms with E-state index in [9.17, 15) is 4.79 Å². The molecule has 1 unspecified atom stereocenters. The summed E-state index contributed by atoms with van der Waals surface area (Å²) in [5, 5.41) is 0. The van der Waals surface area contributed by atoms with Crippen molar-refractivity contribution in [2.75, 3.05) is 13.1 Å². The van der Waals surface area contributed by atoms with Crippen LogP contribution in [0.2, 0.25) is 0 Å². The van der Waals surface area contributed by atoms with Crippen molar-refractivity contribution >= 4 is 5.91 Å². The Morgan fingerprint density at radius 1 is 1.12 bits per heavy atom. The second-order valence-corrected chi connectivity index (χ2v) is 4.67. The fourth-order valence-electron chi connectivity index (χ4n) is 2.41. The highest BCUT2D eigenvalue weighted by Gasteiger charge is 2.31. The molecule has 0 aromatic heterocycles. The molecule has 0 aromatic rings. The Labute approximate surface area is 101 Å². The number of hydrogen-bond acceptors (Lipinski definition) is 2. The number of amides is 1. The van der Waals surface area contributed by atoms with E-state index in [1.165, 1.54) is 0 Å². The van der Waals surface area contributed by atoms with Gasteiger partial charge in [-0.3, -0.25) is 9.69 Å². The molecule has 0 N–H and O–H groups in total. The Hall–Kier alpha value is -0.570. The molecule has 3 heteroatoms. The van der Waals surface area contributed by atoms with Gasteiger partial charge in [-0.1, -0.05) is 13.8 Å². The molecule has 0 aliphatic carbocycles. The second kappa shape index (κ2) is 6.89. The van der Waals surface area contributed by atoms with Gasteiger partial charge in [0.05, 0.1) is 0 Å². The minimum Gasteiger partial charge on any atom is -0.335 e. The fraction of sp³-hybridized carbons (Fsp3) is 0.923. The van der Waals surface area contributed by atoms with Crippen LogP contribution < -0.4 is 0 Å². The summed E-state index contributed by atoms with van der Waals surface area (Å²) in [6, 6.07) is 1.27. The normalized spacial score (nSPS) is 26.4. The van der Waals surface area contributed by atoms with Crippen molar-refractivity contribution in [2.45, 2.75) is 66.6 Å². The molecule has 0 spiro atoms. The van der Waals surface area contributed by atoms with Crippen molar-refractivity contribution in [3.8, 4) is 0 Å². The van der Waals surface area contributed by atoms with Gasteiger partial charge in [-0.2, -0.15) is 0 Å². The van der Waals surface area contributed by atoms with Crippen LogP contribution in [0.5, 0.6) is 0 Å². The van der Waals surface area contributed by atoms with E-state index in [0.29, 0.717) is 18.1 Å². The van der Waals surface area contributed by atoms with Crippen LogP contribution in [-0.2, 0) is 4.79 Å². The number of rotatable bonds is 1. The number of carbonyl (C=O) groups is 1. The fourth-order valence-corrected chi connectivity index (χ4v) is 2.41. The van der Waals surface area contributed by atoms with E-state index in [-0.39, 0.29) is 5.91 Å². The molecular formula is C13H28N2O. The van der Waals surface area contributed by atoms with Crippen LogP contribution in [0.1, 0.15) is 48.5 Å². The van der Waals surface area contributed by atoms with Crippen molar-refractivity contribution in [1.82, 2.24) is 9.80 Å². The summed E-state index contributed by atoms with van der Waals surface area (Å²) in [4.78, 5) is 15.8. The quantitative estimate of drug-likeness (QED) is 0.688. The maximum absolute atomic E-state index is 11.4. The highest BCUT2D eigenvalue weighted by atomic mass is 16.2. The zero-order valence-corrected chi connectivity index (χ0v) is 11.9. The molecule has 0 radical (unpaired) electrons. The van der Waals surface area contributed by atoms with Gasteiger partial charge in [-0.15, -0.1) is 0 Å². The first kappa shape index (κ1) is 15.4. The molecule has 1 aliphatic heterocycles. The third-order valence-electron chi connectivity index (χ3n) is 3.04. The van der Waals surface area contributed by atoms with Crippen LogP contribution in [0.4, 0.5) is 0 Å². The molecule has 1 aliphatic rings. The number of carbonyl (C=O) groups excluding carboxylic acids is 1. The Morgan fingerprint density at radius 3 is 1.75 bits per heavy atom. The topological polar surface area (TPSA) is 23.6 Å². The molecule has 1 saturated heterocycles. The SMILES string of the molecule is CC.CC(=O)N1C(C)CN(C(C)C)C[C@@H]1C. The van der Waals surface area contributed by atoms with Crippen LogP contribution in [-0.4, -0.2) is 46.9 Å². The van der Waals surface area contributed by atoms with Gasteiger partial charge in [0.15, 0.2) is 0 Å². The maximum atomic E-state index is 11.4. The highest BCUT2D eigenvalue weighted by Crippen LogP contribution is 2.17. The predicted octanol–water partition coefficient (Wildman–Crippen LogP) is 2.36. The zero-order valence-electron chi connectivity index (χ0n) is 11.9. The van der Waals surface area contributed by atoms with Gasteiger partial charge in [-0.25, -0.2) is 0 Å². The monoisotopic (exact) mass is 228 g/mol. The van der Waals surface area contributed by atoms with E-state index in [1.54, 1.807) is 6.92 Å². The van der Waals surface area contributed by atoms with E-state index < -0.39 is 0 Å². The smallest absolute Gasteiger partial charge is 0.220 e. The Balaban J connectivity index is 0.00000106. The van der Waals surface area contributed by atoms with Crippen molar-refractivity contribution < 1.29 is 4.79 Å². The van der Waals surface area contributed by atoms with Gasteiger partial charge >= 0.3 is 0 Å². The molecule has 1 heterocycles. The summed E-state index contributed by atoms with van der Waals surface area (Å²) in [6.07, 6.45) is 0. The first-order chi connectivity index (χ1) is 7.43. The lowest BCUT2D eigenvalue weighted by atomic mass is 10.1. The van der Waals surface area contributed by atoms with Gasteiger partial charge in [0.1, 0.15) is 0 Å². The summed E-state index contributed by atoms with van der Waals surface area (Å²) < 4.78 is 0. The van der Waals surface area contributed by atoms with Crippen LogP contribution in [0.3, 0.4) is 0 Å². The number of nitrogens with zero attached hydrogens (tertiary/aromatic N) is 2. The van der Waals surface area contributed by atoms with Crippen molar-refractivity contribution in [3.05, 3.63) is 0 Å². The molecule has 16 heavy (non-hydrogen) atoms. The summed E-state index contributed by atoms with van der Waals surface area (Å²) in [5.74, 6) is 0.202. The second-order valence-electron chi connectivity index (χ2n) is 4.67. The average molecular weight is 228 g/mol. The largest absolute Gasteiger partial charge is 0.335 e. The van der Waals surface area contributed by atoms with Gasteiger partial charge in [0.2, 0.25) is 5.91 Å². The summed E-state index contributed by atoms with van der Waals surface area (Å²) in [7, 11) is 0. The highest BCUT2D eigenvalue weighted by molar-refractivity contribution is 5.74. The molecule has 2 atom stereocenters. The van der Waals surface area contributed by atoms with E-state index in [0.717, 1.165) is 13.1 Å². The lowest BCUT2D eigenvalue weighted by Crippen LogP contribution is -2.59. The lowest BCUT2D eigenvalue weighted by Gasteiger charge is -2.45. The van der Waals surface area contributed by atoms with Crippen LogP contribution in [0.25, 0.3) is 0 Å². The molecule has 0 aromatic carbocycles. The Kier molecular flexibility index (Phi) is 6.65. The standard InChI is InChI=1S/C11H22N2O.C2H6/c1-8(2)12-6-9(3)13(11(5)14)10(4)7-12;1-2/h8-10H,6-7H2,1-5H3;1-2H3/t9-,10?;/m0./s1. The van der Waals surface area contributed by atoms with Crippen molar-refractivity contribution in [3.63, 3.8) is 0 Å². The van der Waals surface area contributed by atoms with Crippen LogP contribution >= 0.6 is 0 Å². The predicted molar refractivity (Wildman–Crippen MR) is 69.5 cm³/mol. The van der Waals surface area contributed by atoms with Gasteiger partial charge < -0.3 is 4.90 Å². The van der Waals surface area contributed by atoms with Gasteiger partial charge in [-0.05, 0) is 27.7 Å². The number of piperazine rings is 1. The molecule has 3 nitrogen and oxygen atoms in total. The molecule has 0 saturated carbocycles. The molecule has 1 fully saturated rings. The first-order valence-corrected chi connectivity index (χ1v) is 6.46. The zero-order chi connectivity index (χ0) is 12.9. The molecular weight excluding hydrogens is 200 g/mol. The Bertz CT molecular complexity index is 204. The lowest BCUT2D eigenvalue weighted by molar-refractivity contribution is -0.137. The van der Waals surface area contributed by atoms with Crippen molar-refractivity contribution in [1.29, 1.82) is 0 Å². The van der Waals surface area contributed by atoms with Gasteiger partial charge in [0, 0.05) is 38.1 Å². The van der Waals surface area contributed by atoms with E-state index in [2.05, 4.69) is 32.6 Å². The van der Waals surface area contributed by atoms with Gasteiger partial charge in [0.25, 0.3) is 0 Å². The minimum atomic E-state index is 0.202. The minimum absolute atomic E-state index is 0.202. The maximum Gasteiger partial charge on any atom is 0.220 e. The molecule has 1 amide bonds. The number of hydrogen-bond donors (Lipinski definition) is 0. The van der Waals surface area contributed by atoms with Crippen molar-refractivity contribution in [2.24, 2.45) is 0 Å². The first-order valence-electron chi connectivity index (χ1n) is 6.46. The van der Waals surface area contributed by atoms with Crippen LogP contribution in [0.15, 0.2) is 0 Å². The molecule has 0 bridgehead atoms.